The van der Waals surface area contributed by atoms with Crippen molar-refractivity contribution in [3.63, 3.8) is 0 Å². The van der Waals surface area contributed by atoms with Crippen LogP contribution in [0, 0.1) is 63.2 Å². The second-order valence-corrected chi connectivity index (χ2v) is 5.17. The van der Waals surface area contributed by atoms with Gasteiger partial charge in [0.15, 0.2) is 0 Å². The Labute approximate surface area is 169 Å². The van der Waals surface area contributed by atoms with Crippen LogP contribution in [0.5, 0.6) is 0 Å². The van der Waals surface area contributed by atoms with E-state index in [0.29, 0.717) is 11.9 Å². The minimum absolute atomic E-state index is 0. The van der Waals surface area contributed by atoms with Crippen LogP contribution in [0.4, 0.5) is 11.9 Å². The molecular weight excluding hydrogens is 388 g/mol. The zero-order valence-electron chi connectivity index (χ0n) is 14.6. The summed E-state index contributed by atoms with van der Waals surface area (Å²) in [6.45, 7) is 3.82. The quantitative estimate of drug-likeness (QED) is 0.584. The van der Waals surface area contributed by atoms with Crippen molar-refractivity contribution in [2.24, 2.45) is 9.98 Å². The first-order chi connectivity index (χ1) is 12.7. The fourth-order valence-electron chi connectivity index (χ4n) is 2.07. The van der Waals surface area contributed by atoms with Crippen molar-refractivity contribution < 1.29 is 17.1 Å². The van der Waals surface area contributed by atoms with Crippen molar-refractivity contribution in [3.8, 4) is 0 Å². The van der Waals surface area contributed by atoms with Gasteiger partial charge in [0.2, 0.25) is 0 Å². The van der Waals surface area contributed by atoms with Crippen LogP contribution >= 0.6 is 0 Å². The second kappa shape index (κ2) is 11.0. The number of nitrogens with one attached hydrogen (secondary N) is 2. The largest absolute Gasteiger partial charge is 2.00 e. The van der Waals surface area contributed by atoms with Gasteiger partial charge >= 0.3 is 17.1 Å². The fourth-order valence-corrected chi connectivity index (χ4v) is 2.07. The number of hydrogen-bond acceptors (Lipinski definition) is 8. The first-order valence-electron chi connectivity index (χ1n) is 7.74. The predicted molar refractivity (Wildman–Crippen MR) is 94.8 cm³/mol. The van der Waals surface area contributed by atoms with E-state index in [4.69, 9.17) is 0 Å². The molecule has 2 fully saturated rings. The Balaban J connectivity index is 0.000000187. The summed E-state index contributed by atoms with van der Waals surface area (Å²) in [6, 6.07) is 0. The molecule has 136 valence electrons. The van der Waals surface area contributed by atoms with E-state index in [0.717, 1.165) is 23.3 Å². The molecule has 0 spiro atoms. The molecule has 10 nitrogen and oxygen atoms in total. The first-order valence-corrected chi connectivity index (χ1v) is 7.74. The van der Waals surface area contributed by atoms with E-state index in [2.05, 4.69) is 51.2 Å². The van der Waals surface area contributed by atoms with Gasteiger partial charge in [-0.3, -0.25) is 0 Å². The SMILES string of the molecule is C/C(=N\c1nn[nH]n1)[C]1[CH][CH][CH][CH]1.C/C(=N\c1nn[nH]n1)[C]1[CH][CH][CH][CH]1.[Fe+2]. The molecule has 0 amide bonds. The molecule has 0 unspecified atom stereocenters. The van der Waals surface area contributed by atoms with Crippen LogP contribution < -0.4 is 0 Å². The third kappa shape index (κ3) is 6.58. The van der Waals surface area contributed by atoms with E-state index in [1.807, 2.05) is 65.2 Å². The molecule has 11 heteroatoms. The molecule has 0 saturated heterocycles. The fraction of sp³-hybridized carbons (Fsp3) is 0.125. The van der Waals surface area contributed by atoms with Crippen molar-refractivity contribution in [2.75, 3.05) is 0 Å². The summed E-state index contributed by atoms with van der Waals surface area (Å²) in [6.07, 6.45) is 15.8. The van der Waals surface area contributed by atoms with Gasteiger partial charge in [0, 0.05) is 23.3 Å². The summed E-state index contributed by atoms with van der Waals surface area (Å²) in [5, 5.41) is 26.4. The van der Waals surface area contributed by atoms with Crippen molar-refractivity contribution in [1.29, 1.82) is 0 Å². The van der Waals surface area contributed by atoms with Gasteiger partial charge in [0.1, 0.15) is 0 Å². The molecule has 2 aromatic heterocycles. The van der Waals surface area contributed by atoms with Crippen LogP contribution in [0.2, 0.25) is 0 Å². The van der Waals surface area contributed by atoms with Gasteiger partial charge in [-0.15, -0.1) is 10.2 Å². The third-order valence-corrected chi connectivity index (χ3v) is 3.36. The number of H-pyrrole nitrogens is 2. The van der Waals surface area contributed by atoms with Crippen molar-refractivity contribution >= 4 is 23.3 Å². The second-order valence-electron chi connectivity index (χ2n) is 5.17. The van der Waals surface area contributed by atoms with Gasteiger partial charge in [-0.25, -0.2) is 9.98 Å². The zero-order chi connectivity index (χ0) is 18.2. The summed E-state index contributed by atoms with van der Waals surface area (Å²) in [7, 11) is 0. The van der Waals surface area contributed by atoms with Crippen molar-refractivity contribution in [2.45, 2.75) is 13.8 Å². The number of hydrogen-bond donors (Lipinski definition) is 2. The normalized spacial score (nSPS) is 18.9. The minimum Gasteiger partial charge on any atom is -0.218 e. The van der Waals surface area contributed by atoms with Crippen LogP contribution in [-0.4, -0.2) is 52.7 Å². The van der Waals surface area contributed by atoms with Gasteiger partial charge in [0.25, 0.3) is 11.9 Å². The topological polar surface area (TPSA) is 134 Å². The zero-order valence-corrected chi connectivity index (χ0v) is 15.7. The van der Waals surface area contributed by atoms with E-state index in [9.17, 15) is 0 Å². The Morgan fingerprint density at radius 3 is 1.37 bits per heavy atom. The van der Waals surface area contributed by atoms with Gasteiger partial charge in [-0.1, -0.05) is 10.2 Å². The van der Waals surface area contributed by atoms with E-state index >= 15 is 0 Å². The summed E-state index contributed by atoms with van der Waals surface area (Å²) < 4.78 is 0. The molecule has 27 heavy (non-hydrogen) atoms. The molecular formula is C16H16FeN10+2. The molecule has 2 N–H and O–H groups in total. The molecule has 2 aliphatic carbocycles. The molecule has 0 bridgehead atoms. The van der Waals surface area contributed by atoms with E-state index in [1.165, 1.54) is 0 Å². The molecule has 0 aliphatic heterocycles. The molecule has 2 saturated carbocycles. The Hall–Kier alpha value is -2.00. The Morgan fingerprint density at radius 2 is 1.07 bits per heavy atom. The number of nitrogens with zero attached hydrogens (tertiary/aromatic N) is 8. The number of aliphatic imine (C=N–C) groups is 2. The summed E-state index contributed by atoms with van der Waals surface area (Å²) in [5.74, 6) is 2.87. The smallest absolute Gasteiger partial charge is 0.218 e. The van der Waals surface area contributed by atoms with Crippen LogP contribution in [0.3, 0.4) is 0 Å². The number of tetrazole rings is 2. The van der Waals surface area contributed by atoms with Crippen LogP contribution in [0.25, 0.3) is 0 Å². The van der Waals surface area contributed by atoms with Crippen molar-refractivity contribution in [3.05, 3.63) is 63.2 Å². The van der Waals surface area contributed by atoms with Gasteiger partial charge < -0.3 is 0 Å². The molecule has 2 aliphatic rings. The van der Waals surface area contributed by atoms with E-state index in [-0.39, 0.29) is 17.1 Å². The monoisotopic (exact) mass is 404 g/mol. The predicted octanol–water partition coefficient (Wildman–Crippen LogP) is 1.39. The maximum absolute atomic E-state index is 4.16. The Kier molecular flexibility index (Phi) is 8.66. The number of rotatable bonds is 4. The van der Waals surface area contributed by atoms with E-state index in [1.54, 1.807) is 0 Å². The first kappa shape index (κ1) is 21.3. The van der Waals surface area contributed by atoms with Crippen LogP contribution in [0.1, 0.15) is 13.8 Å². The Morgan fingerprint density at radius 1 is 0.704 bits per heavy atom. The Bertz CT molecular complexity index is 635. The average Bonchev–Trinajstić information content (AvgIpc) is 3.43. The van der Waals surface area contributed by atoms with Gasteiger partial charge in [-0.05, 0) is 75.6 Å². The van der Waals surface area contributed by atoms with Gasteiger partial charge in [-0.2, -0.15) is 10.4 Å². The van der Waals surface area contributed by atoms with E-state index < -0.39 is 0 Å². The standard InChI is InChI=1S/2C8H8N5.Fe/c2*1-6(7-4-2-3-5-7)9-8-10-12-13-11-8;/h2*2-5H,1H3,(H,10,11,12,13);/q;;+2/b2*9-6+;. The van der Waals surface area contributed by atoms with Crippen LogP contribution in [0.15, 0.2) is 9.98 Å². The molecule has 0 atom stereocenters. The minimum atomic E-state index is 0. The third-order valence-electron chi connectivity index (χ3n) is 3.36. The molecule has 4 rings (SSSR count). The molecule has 2 aromatic rings. The summed E-state index contributed by atoms with van der Waals surface area (Å²) in [4.78, 5) is 8.32. The average molecular weight is 404 g/mol. The number of aromatic amines is 2. The molecule has 0 aromatic carbocycles. The summed E-state index contributed by atoms with van der Waals surface area (Å²) in [5.41, 5.74) is 1.76. The summed E-state index contributed by atoms with van der Waals surface area (Å²) >= 11 is 0. The van der Waals surface area contributed by atoms with Crippen molar-refractivity contribution in [1.82, 2.24) is 41.2 Å². The molecule has 10 radical (unpaired) electrons. The number of aromatic nitrogens is 8. The maximum atomic E-state index is 4.16. The maximum Gasteiger partial charge on any atom is 2.00 e. The van der Waals surface area contributed by atoms with Gasteiger partial charge in [0.05, 0.1) is 0 Å². The van der Waals surface area contributed by atoms with Crippen LogP contribution in [-0.2, 0) is 17.1 Å². The molecule has 2 heterocycles.